The predicted molar refractivity (Wildman–Crippen MR) is 67.7 cm³/mol. The largest absolute Gasteiger partial charge is 0.462 e. The summed E-state index contributed by atoms with van der Waals surface area (Å²) in [5.41, 5.74) is -0.113. The first kappa shape index (κ1) is 12.8. The normalized spacial score (nSPS) is 10.2. The second kappa shape index (κ2) is 5.34. The molecule has 0 aliphatic rings. The Morgan fingerprint density at radius 2 is 2.05 bits per heavy atom. The van der Waals surface area contributed by atoms with Crippen LogP contribution in [0.2, 0.25) is 0 Å². The number of anilines is 1. The summed E-state index contributed by atoms with van der Waals surface area (Å²) >= 11 is 0. The summed E-state index contributed by atoms with van der Waals surface area (Å²) in [6, 6.07) is 6.60. The summed E-state index contributed by atoms with van der Waals surface area (Å²) in [5, 5.41) is 2.49. The number of rotatable bonds is 2. The molecule has 0 saturated carbocycles. The molecule has 0 radical (unpaired) electrons. The van der Waals surface area contributed by atoms with Crippen molar-refractivity contribution in [3.63, 3.8) is 0 Å². The summed E-state index contributed by atoms with van der Waals surface area (Å²) in [6.07, 6.45) is 1.10. The maximum absolute atomic E-state index is 12.0. The predicted octanol–water partition coefficient (Wildman–Crippen LogP) is 1.29. The molecule has 2 rings (SSSR count). The number of esters is 1. The molecule has 1 aromatic carbocycles. The number of para-hydroxylation sites is 1. The summed E-state index contributed by atoms with van der Waals surface area (Å²) < 4.78 is 9.72. The average molecular weight is 261 g/mol. The van der Waals surface area contributed by atoms with Gasteiger partial charge in [-0.15, -0.1) is 0 Å². The number of carbonyl (C=O) groups excluding carboxylic acids is 2. The molecule has 1 amide bonds. The lowest BCUT2D eigenvalue weighted by molar-refractivity contribution is -0.152. The van der Waals surface area contributed by atoms with Crippen LogP contribution in [0.1, 0.15) is 6.92 Å². The van der Waals surface area contributed by atoms with E-state index in [1.807, 2.05) is 0 Å². The Morgan fingerprint density at radius 1 is 1.32 bits per heavy atom. The number of hydrogen-bond donors (Lipinski definition) is 1. The highest BCUT2D eigenvalue weighted by molar-refractivity contribution is 6.37. The number of carbonyl (C=O) groups is 2. The molecule has 0 bridgehead atoms. The highest BCUT2D eigenvalue weighted by atomic mass is 16.5. The zero-order valence-corrected chi connectivity index (χ0v) is 10.1. The summed E-state index contributed by atoms with van der Waals surface area (Å²) in [7, 11) is 0. The second-order valence-electron chi connectivity index (χ2n) is 3.65. The van der Waals surface area contributed by atoms with Crippen LogP contribution in [0, 0.1) is 0 Å². The smallest absolute Gasteiger partial charge is 0.397 e. The van der Waals surface area contributed by atoms with Gasteiger partial charge in [0.05, 0.1) is 12.0 Å². The van der Waals surface area contributed by atoms with Gasteiger partial charge in [-0.25, -0.2) is 4.79 Å². The molecule has 6 heteroatoms. The molecule has 1 heterocycles. The molecule has 0 saturated heterocycles. The van der Waals surface area contributed by atoms with Gasteiger partial charge >= 0.3 is 11.9 Å². The van der Waals surface area contributed by atoms with Crippen LogP contribution in [-0.2, 0) is 14.3 Å². The number of hydrogen-bond acceptors (Lipinski definition) is 5. The zero-order chi connectivity index (χ0) is 13.8. The minimum Gasteiger partial charge on any atom is -0.462 e. The van der Waals surface area contributed by atoms with E-state index in [9.17, 15) is 14.4 Å². The van der Waals surface area contributed by atoms with E-state index in [2.05, 4.69) is 10.1 Å². The van der Waals surface area contributed by atoms with E-state index < -0.39 is 17.3 Å². The number of nitrogens with one attached hydrogen (secondary N) is 1. The Bertz CT molecular complexity index is 689. The van der Waals surface area contributed by atoms with E-state index in [0.29, 0.717) is 11.0 Å². The molecule has 1 aromatic heterocycles. The Hall–Kier alpha value is -2.63. The average Bonchev–Trinajstić information content (AvgIpc) is 2.42. The third kappa shape index (κ3) is 2.62. The van der Waals surface area contributed by atoms with Crippen molar-refractivity contribution in [2.75, 3.05) is 11.9 Å². The minimum absolute atomic E-state index is 0.0819. The SMILES string of the molecule is CCOC(=O)C(=O)Nc1coc2ccccc2c1=O. The quantitative estimate of drug-likeness (QED) is 0.650. The van der Waals surface area contributed by atoms with E-state index in [1.165, 1.54) is 0 Å². The van der Waals surface area contributed by atoms with E-state index in [-0.39, 0.29) is 12.3 Å². The van der Waals surface area contributed by atoms with Crippen molar-refractivity contribution in [2.24, 2.45) is 0 Å². The molecule has 1 N–H and O–H groups in total. The third-order valence-corrected chi connectivity index (χ3v) is 2.39. The maximum Gasteiger partial charge on any atom is 0.397 e. The lowest BCUT2D eigenvalue weighted by Gasteiger charge is -2.04. The lowest BCUT2D eigenvalue weighted by Crippen LogP contribution is -2.27. The van der Waals surface area contributed by atoms with Crippen molar-refractivity contribution < 1.29 is 18.7 Å². The molecule has 19 heavy (non-hydrogen) atoms. The van der Waals surface area contributed by atoms with E-state index in [4.69, 9.17) is 4.42 Å². The summed E-state index contributed by atoms with van der Waals surface area (Å²) in [6.45, 7) is 1.66. The van der Waals surface area contributed by atoms with Crippen LogP contribution in [0.15, 0.2) is 39.7 Å². The van der Waals surface area contributed by atoms with Crippen molar-refractivity contribution in [2.45, 2.75) is 6.92 Å². The highest BCUT2D eigenvalue weighted by Gasteiger charge is 2.17. The standard InChI is InChI=1S/C13H11NO5/c1-2-18-13(17)12(16)14-9-7-19-10-6-4-3-5-8(10)11(9)15/h3-7H,2H2,1H3,(H,14,16). The van der Waals surface area contributed by atoms with Crippen LogP contribution in [0.5, 0.6) is 0 Å². The third-order valence-electron chi connectivity index (χ3n) is 2.39. The van der Waals surface area contributed by atoms with Gasteiger partial charge in [-0.2, -0.15) is 0 Å². The first-order valence-corrected chi connectivity index (χ1v) is 5.62. The Morgan fingerprint density at radius 3 is 2.79 bits per heavy atom. The van der Waals surface area contributed by atoms with Crippen LogP contribution in [0.3, 0.4) is 0 Å². The van der Waals surface area contributed by atoms with E-state index in [0.717, 1.165) is 6.26 Å². The minimum atomic E-state index is -1.05. The Balaban J connectivity index is 2.32. The monoisotopic (exact) mass is 261 g/mol. The van der Waals surface area contributed by atoms with Crippen molar-refractivity contribution >= 4 is 28.5 Å². The Labute approximate surface area is 108 Å². The molecule has 0 aliphatic heterocycles. The number of benzene rings is 1. The zero-order valence-electron chi connectivity index (χ0n) is 10.1. The second-order valence-corrected chi connectivity index (χ2v) is 3.65. The van der Waals surface area contributed by atoms with Gasteiger partial charge < -0.3 is 14.5 Å². The fraction of sp³-hybridized carbons (Fsp3) is 0.154. The van der Waals surface area contributed by atoms with Crippen LogP contribution in [-0.4, -0.2) is 18.5 Å². The van der Waals surface area contributed by atoms with Crippen LogP contribution >= 0.6 is 0 Å². The van der Waals surface area contributed by atoms with E-state index >= 15 is 0 Å². The molecule has 0 spiro atoms. The molecule has 0 fully saturated rings. The number of amides is 1. The first-order chi connectivity index (χ1) is 9.13. The van der Waals surface area contributed by atoms with Crippen molar-refractivity contribution in [1.29, 1.82) is 0 Å². The fourth-order valence-electron chi connectivity index (χ4n) is 1.53. The van der Waals surface area contributed by atoms with Crippen molar-refractivity contribution in [3.05, 3.63) is 40.8 Å². The van der Waals surface area contributed by atoms with Gasteiger partial charge in [0, 0.05) is 0 Å². The molecular formula is C13H11NO5. The molecule has 6 nitrogen and oxygen atoms in total. The molecule has 0 unspecified atom stereocenters. The molecule has 2 aromatic rings. The molecule has 0 aliphatic carbocycles. The van der Waals surface area contributed by atoms with Gasteiger partial charge in [0.15, 0.2) is 0 Å². The molecule has 98 valence electrons. The summed E-state index contributed by atoms with van der Waals surface area (Å²) in [5.74, 6) is -2.06. The van der Waals surface area contributed by atoms with Gasteiger partial charge in [0.1, 0.15) is 17.5 Å². The molecule has 0 atom stereocenters. The first-order valence-electron chi connectivity index (χ1n) is 5.62. The van der Waals surface area contributed by atoms with Crippen LogP contribution in [0.4, 0.5) is 5.69 Å². The van der Waals surface area contributed by atoms with Gasteiger partial charge in [0.25, 0.3) is 0 Å². The van der Waals surface area contributed by atoms with Crippen molar-refractivity contribution in [3.8, 4) is 0 Å². The summed E-state index contributed by atoms with van der Waals surface area (Å²) in [4.78, 5) is 34.6. The number of fused-ring (bicyclic) bond motifs is 1. The van der Waals surface area contributed by atoms with Crippen LogP contribution in [0.25, 0.3) is 11.0 Å². The van der Waals surface area contributed by atoms with E-state index in [1.54, 1.807) is 31.2 Å². The van der Waals surface area contributed by atoms with Gasteiger partial charge in [-0.1, -0.05) is 12.1 Å². The fourth-order valence-corrected chi connectivity index (χ4v) is 1.53. The maximum atomic E-state index is 12.0. The molecular weight excluding hydrogens is 250 g/mol. The Kier molecular flexibility index (Phi) is 3.61. The lowest BCUT2D eigenvalue weighted by atomic mass is 10.2. The van der Waals surface area contributed by atoms with Crippen LogP contribution < -0.4 is 10.7 Å². The topological polar surface area (TPSA) is 85.6 Å². The van der Waals surface area contributed by atoms with Gasteiger partial charge in [-0.05, 0) is 19.1 Å². The van der Waals surface area contributed by atoms with Gasteiger partial charge in [-0.3, -0.25) is 9.59 Å². The number of ether oxygens (including phenoxy) is 1. The highest BCUT2D eigenvalue weighted by Crippen LogP contribution is 2.12. The van der Waals surface area contributed by atoms with Gasteiger partial charge in [0.2, 0.25) is 5.43 Å². The van der Waals surface area contributed by atoms with Crippen molar-refractivity contribution in [1.82, 2.24) is 0 Å².